The summed E-state index contributed by atoms with van der Waals surface area (Å²) >= 11 is 7.12. The van der Waals surface area contributed by atoms with Crippen LogP contribution in [-0.4, -0.2) is 15.7 Å². The highest BCUT2D eigenvalue weighted by atomic mass is 35.5. The predicted octanol–water partition coefficient (Wildman–Crippen LogP) is 3.23. The molecule has 0 amide bonds. The van der Waals surface area contributed by atoms with E-state index in [2.05, 4.69) is 6.58 Å². The van der Waals surface area contributed by atoms with Crippen molar-refractivity contribution >= 4 is 28.6 Å². The second kappa shape index (κ2) is 5.65. The summed E-state index contributed by atoms with van der Waals surface area (Å²) in [7, 11) is 0. The Balaban J connectivity index is 4.34. The number of rotatable bonds is 6. The third-order valence-corrected chi connectivity index (χ3v) is 4.17. The van der Waals surface area contributed by atoms with Gasteiger partial charge in [0.1, 0.15) is 0 Å². The van der Waals surface area contributed by atoms with Crippen LogP contribution in [0.25, 0.3) is 0 Å². The van der Waals surface area contributed by atoms with Crippen molar-refractivity contribution in [2.24, 2.45) is 0 Å². The molecular formula is C9H15ClOS. The Labute approximate surface area is 83.6 Å². The van der Waals surface area contributed by atoms with Crippen LogP contribution in [0.15, 0.2) is 12.7 Å². The molecular weight excluding hydrogens is 192 g/mol. The van der Waals surface area contributed by atoms with Crippen molar-refractivity contribution in [3.8, 4) is 0 Å². The van der Waals surface area contributed by atoms with Gasteiger partial charge in [0.05, 0.1) is 4.75 Å². The number of thioether (sulfide) groups is 1. The fourth-order valence-electron chi connectivity index (χ4n) is 1.01. The zero-order chi connectivity index (χ0) is 9.61. The van der Waals surface area contributed by atoms with Gasteiger partial charge in [-0.1, -0.05) is 19.9 Å². The maximum absolute atomic E-state index is 11.1. The molecule has 3 heteroatoms. The summed E-state index contributed by atoms with van der Waals surface area (Å²) in [5.41, 5.74) is 0. The van der Waals surface area contributed by atoms with E-state index in [-0.39, 0.29) is 5.24 Å². The van der Waals surface area contributed by atoms with E-state index in [1.165, 1.54) is 0 Å². The fourth-order valence-corrected chi connectivity index (χ4v) is 2.40. The lowest BCUT2D eigenvalue weighted by Crippen LogP contribution is -2.30. The molecule has 70 valence electrons. The second-order valence-electron chi connectivity index (χ2n) is 2.57. The van der Waals surface area contributed by atoms with Crippen LogP contribution >= 0.6 is 23.4 Å². The zero-order valence-electron chi connectivity index (χ0n) is 7.60. The van der Waals surface area contributed by atoms with Crippen molar-refractivity contribution in [2.45, 2.75) is 31.4 Å². The largest absolute Gasteiger partial charge is 0.280 e. The molecule has 0 aromatic carbocycles. The molecule has 0 radical (unpaired) electrons. The van der Waals surface area contributed by atoms with Gasteiger partial charge in [-0.2, -0.15) is 0 Å². The monoisotopic (exact) mass is 206 g/mol. The van der Waals surface area contributed by atoms with Gasteiger partial charge >= 0.3 is 0 Å². The smallest absolute Gasteiger partial charge is 0.237 e. The summed E-state index contributed by atoms with van der Waals surface area (Å²) in [6.45, 7) is 7.59. The molecule has 0 aromatic heterocycles. The van der Waals surface area contributed by atoms with E-state index in [1.807, 2.05) is 13.8 Å². The van der Waals surface area contributed by atoms with Gasteiger partial charge in [0.15, 0.2) is 0 Å². The molecule has 0 aliphatic heterocycles. The molecule has 0 fully saturated rings. The Morgan fingerprint density at radius 2 is 2.08 bits per heavy atom. The lowest BCUT2D eigenvalue weighted by atomic mass is 10.0. The van der Waals surface area contributed by atoms with Crippen molar-refractivity contribution in [2.75, 3.05) is 5.75 Å². The molecule has 0 saturated carbocycles. The summed E-state index contributed by atoms with van der Waals surface area (Å²) in [4.78, 5) is 11.1. The van der Waals surface area contributed by atoms with Crippen molar-refractivity contribution < 1.29 is 4.79 Å². The molecule has 0 N–H and O–H groups in total. The molecule has 0 aliphatic rings. The summed E-state index contributed by atoms with van der Waals surface area (Å²) < 4.78 is -0.393. The number of carbonyl (C=O) groups is 1. The fraction of sp³-hybridized carbons (Fsp3) is 0.667. The van der Waals surface area contributed by atoms with E-state index in [4.69, 9.17) is 11.6 Å². The number of halogens is 1. The highest BCUT2D eigenvalue weighted by Crippen LogP contribution is 2.34. The van der Waals surface area contributed by atoms with Crippen LogP contribution in [0.5, 0.6) is 0 Å². The second-order valence-corrected chi connectivity index (χ2v) is 4.32. The summed E-state index contributed by atoms with van der Waals surface area (Å²) in [5.74, 6) is 0.778. The first-order valence-electron chi connectivity index (χ1n) is 4.07. The van der Waals surface area contributed by atoms with E-state index in [1.54, 1.807) is 17.8 Å². The topological polar surface area (TPSA) is 17.1 Å². The maximum Gasteiger partial charge on any atom is 0.237 e. The Morgan fingerprint density at radius 1 is 1.58 bits per heavy atom. The lowest BCUT2D eigenvalue weighted by molar-refractivity contribution is -0.113. The highest BCUT2D eigenvalue weighted by molar-refractivity contribution is 8.01. The first-order chi connectivity index (χ1) is 5.63. The minimum absolute atomic E-state index is 0.237. The van der Waals surface area contributed by atoms with E-state index < -0.39 is 4.75 Å². The zero-order valence-corrected chi connectivity index (χ0v) is 9.17. The van der Waals surface area contributed by atoms with Crippen molar-refractivity contribution in [1.29, 1.82) is 0 Å². The SMILES string of the molecule is C=CCSC(CC)(CC)C(=O)Cl. The minimum atomic E-state index is -0.393. The van der Waals surface area contributed by atoms with Gasteiger partial charge in [-0.05, 0) is 24.4 Å². The summed E-state index contributed by atoms with van der Waals surface area (Å²) in [5, 5.41) is -0.237. The third-order valence-electron chi connectivity index (χ3n) is 1.98. The third kappa shape index (κ3) is 2.83. The van der Waals surface area contributed by atoms with Gasteiger partial charge in [0.2, 0.25) is 5.24 Å². The first kappa shape index (κ1) is 12.0. The number of hydrogen-bond donors (Lipinski definition) is 0. The first-order valence-corrected chi connectivity index (χ1v) is 5.44. The normalized spacial score (nSPS) is 11.2. The molecule has 0 saturated heterocycles. The van der Waals surface area contributed by atoms with Crippen molar-refractivity contribution in [1.82, 2.24) is 0 Å². The molecule has 0 spiro atoms. The van der Waals surface area contributed by atoms with Gasteiger partial charge < -0.3 is 0 Å². The van der Waals surface area contributed by atoms with Gasteiger partial charge in [0.25, 0.3) is 0 Å². The van der Waals surface area contributed by atoms with Crippen LogP contribution < -0.4 is 0 Å². The van der Waals surface area contributed by atoms with Crippen LogP contribution in [0.2, 0.25) is 0 Å². The minimum Gasteiger partial charge on any atom is -0.280 e. The average Bonchev–Trinajstić information content (AvgIpc) is 2.07. The van der Waals surface area contributed by atoms with E-state index in [0.717, 1.165) is 18.6 Å². The van der Waals surface area contributed by atoms with Crippen molar-refractivity contribution in [3.63, 3.8) is 0 Å². The highest BCUT2D eigenvalue weighted by Gasteiger charge is 2.33. The molecule has 0 aliphatic carbocycles. The quantitative estimate of drug-likeness (QED) is 0.490. The van der Waals surface area contributed by atoms with Gasteiger partial charge in [-0.15, -0.1) is 18.3 Å². The molecule has 0 heterocycles. The molecule has 0 rings (SSSR count). The van der Waals surface area contributed by atoms with Crippen LogP contribution in [0.3, 0.4) is 0 Å². The summed E-state index contributed by atoms with van der Waals surface area (Å²) in [6.07, 6.45) is 3.36. The summed E-state index contributed by atoms with van der Waals surface area (Å²) in [6, 6.07) is 0. The predicted molar refractivity (Wildman–Crippen MR) is 56.8 cm³/mol. The number of carbonyl (C=O) groups excluding carboxylic acids is 1. The average molecular weight is 207 g/mol. The maximum atomic E-state index is 11.1. The molecule has 12 heavy (non-hydrogen) atoms. The Bertz CT molecular complexity index is 164. The number of hydrogen-bond acceptors (Lipinski definition) is 2. The van der Waals surface area contributed by atoms with E-state index in [0.29, 0.717) is 0 Å². The Morgan fingerprint density at radius 3 is 2.33 bits per heavy atom. The van der Waals surface area contributed by atoms with Crippen LogP contribution in [0, 0.1) is 0 Å². The van der Waals surface area contributed by atoms with Gasteiger partial charge in [-0.3, -0.25) is 4.79 Å². The Kier molecular flexibility index (Phi) is 5.68. The van der Waals surface area contributed by atoms with Crippen LogP contribution in [0.1, 0.15) is 26.7 Å². The molecule has 0 unspecified atom stereocenters. The van der Waals surface area contributed by atoms with E-state index >= 15 is 0 Å². The van der Waals surface area contributed by atoms with Gasteiger partial charge in [0, 0.05) is 5.75 Å². The van der Waals surface area contributed by atoms with Crippen LogP contribution in [0.4, 0.5) is 0 Å². The molecule has 0 aromatic rings. The molecule has 1 nitrogen and oxygen atoms in total. The van der Waals surface area contributed by atoms with E-state index in [9.17, 15) is 4.79 Å². The van der Waals surface area contributed by atoms with Gasteiger partial charge in [-0.25, -0.2) is 0 Å². The van der Waals surface area contributed by atoms with Crippen LogP contribution in [-0.2, 0) is 4.79 Å². The standard InChI is InChI=1S/C9H15ClOS/c1-4-7-12-9(5-2,6-3)8(10)11/h4H,1,5-7H2,2-3H3. The Hall–Kier alpha value is 0.0500. The van der Waals surface area contributed by atoms with Crippen molar-refractivity contribution in [3.05, 3.63) is 12.7 Å². The molecule has 0 atom stereocenters. The molecule has 0 bridgehead atoms. The lowest BCUT2D eigenvalue weighted by Gasteiger charge is -2.25.